The first-order chi connectivity index (χ1) is 22.8. The van der Waals surface area contributed by atoms with Crippen molar-refractivity contribution in [1.29, 1.82) is 0 Å². The zero-order chi connectivity index (χ0) is 34.8. The van der Waals surface area contributed by atoms with Crippen LogP contribution in [-0.2, 0) is 15.6 Å². The van der Waals surface area contributed by atoms with Gasteiger partial charge in [-0.3, -0.25) is 10.9 Å². The number of nitrogens with zero attached hydrogens (tertiary/aromatic N) is 3. The summed E-state index contributed by atoms with van der Waals surface area (Å²) in [7, 11) is 1.92. The van der Waals surface area contributed by atoms with Gasteiger partial charge in [0.05, 0.1) is 6.04 Å². The van der Waals surface area contributed by atoms with Crippen LogP contribution in [0, 0.1) is 18.0 Å². The maximum absolute atomic E-state index is 12.0. The highest BCUT2D eigenvalue weighted by Crippen LogP contribution is 2.41. The van der Waals surface area contributed by atoms with Crippen molar-refractivity contribution in [2.45, 2.75) is 97.3 Å². The van der Waals surface area contributed by atoms with E-state index in [2.05, 4.69) is 125 Å². The summed E-state index contributed by atoms with van der Waals surface area (Å²) in [5, 5.41) is 14.5. The molecular formula is C43H56N3O2-. The minimum Gasteiger partial charge on any atom is -0.480 e. The molecule has 0 radical (unpaired) electrons. The molecule has 0 fully saturated rings. The van der Waals surface area contributed by atoms with Crippen molar-refractivity contribution in [2.75, 3.05) is 26.7 Å². The van der Waals surface area contributed by atoms with Crippen LogP contribution in [0.3, 0.4) is 0 Å². The minimum atomic E-state index is -0.824. The van der Waals surface area contributed by atoms with Crippen LogP contribution >= 0.6 is 0 Å². The molecule has 0 amide bonds. The Hall–Kier alpha value is -4.12. The Labute approximate surface area is 288 Å². The molecule has 0 unspecified atom stereocenters. The number of carboxylic acid groups (broad SMARTS) is 1. The molecule has 2 aromatic rings. The van der Waals surface area contributed by atoms with Gasteiger partial charge in [0, 0.05) is 36.8 Å². The van der Waals surface area contributed by atoms with Crippen molar-refractivity contribution in [2.24, 2.45) is 0 Å². The first kappa shape index (κ1) is 35.2. The molecule has 5 nitrogen and oxygen atoms in total. The summed E-state index contributed by atoms with van der Waals surface area (Å²) in [5.41, 5.74) is 4.53. The van der Waals surface area contributed by atoms with Crippen LogP contribution in [0.25, 0.3) is 13.2 Å². The van der Waals surface area contributed by atoms with Crippen molar-refractivity contribution in [3.05, 3.63) is 122 Å². The van der Waals surface area contributed by atoms with Gasteiger partial charge in [0.15, 0.2) is 0 Å². The van der Waals surface area contributed by atoms with E-state index in [1.54, 1.807) is 0 Å². The Balaban J connectivity index is 1.55. The van der Waals surface area contributed by atoms with Crippen molar-refractivity contribution < 1.29 is 9.90 Å². The predicted molar refractivity (Wildman–Crippen MR) is 200 cm³/mol. The second kappa shape index (κ2) is 14.2. The molecule has 5 heteroatoms. The summed E-state index contributed by atoms with van der Waals surface area (Å²) in [6, 6.07) is 15.7. The Bertz CT molecular complexity index is 1860. The van der Waals surface area contributed by atoms with Gasteiger partial charge in [-0.05, 0) is 33.7 Å². The largest absolute Gasteiger partial charge is 0.480 e. The summed E-state index contributed by atoms with van der Waals surface area (Å²) in [4.78, 5) is 14.0. The summed E-state index contributed by atoms with van der Waals surface area (Å²) in [6.07, 6.45) is 16.5. The number of unbranched alkanes of at least 4 members (excludes halogenated alkanes) is 2. The number of fused-ring (bicyclic) bond motifs is 2. The van der Waals surface area contributed by atoms with Gasteiger partial charge in [-0.1, -0.05) is 117 Å². The van der Waals surface area contributed by atoms with E-state index in [0.29, 0.717) is 0 Å². The Morgan fingerprint density at radius 2 is 1.40 bits per heavy atom. The summed E-state index contributed by atoms with van der Waals surface area (Å²) in [5.74, 6) is 0.371. The maximum atomic E-state index is 12.0. The molecule has 2 aromatic carbocycles. The number of hydrogen-bond donors (Lipinski definition) is 1. The smallest absolute Gasteiger partial charge is 0.323 e. The summed E-state index contributed by atoms with van der Waals surface area (Å²) in [6.45, 7) is 24.1. The predicted octanol–water partition coefficient (Wildman–Crippen LogP) is 5.58. The van der Waals surface area contributed by atoms with Crippen LogP contribution in [0.5, 0.6) is 0 Å². The van der Waals surface area contributed by atoms with Crippen molar-refractivity contribution in [1.82, 2.24) is 14.1 Å². The molecule has 0 atom stereocenters. The topological polar surface area (TPSA) is 46.6 Å². The van der Waals surface area contributed by atoms with Crippen molar-refractivity contribution in [3.63, 3.8) is 0 Å². The molecule has 0 bridgehead atoms. The average Bonchev–Trinajstić information content (AvgIpc) is 3.37. The molecule has 5 rings (SSSR count). The van der Waals surface area contributed by atoms with Crippen LogP contribution in [0.2, 0.25) is 0 Å². The number of benzene rings is 2. The lowest BCUT2D eigenvalue weighted by molar-refractivity contribution is -0.137. The Kier molecular flexibility index (Phi) is 10.4. The van der Waals surface area contributed by atoms with E-state index >= 15 is 0 Å². The number of carboxylic acids is 1. The molecule has 256 valence electrons. The van der Waals surface area contributed by atoms with E-state index < -0.39 is 5.97 Å². The minimum absolute atomic E-state index is 0.0468. The highest BCUT2D eigenvalue weighted by molar-refractivity contribution is 5.69. The zero-order valence-corrected chi connectivity index (χ0v) is 30.5. The molecule has 0 aromatic heterocycles. The van der Waals surface area contributed by atoms with Gasteiger partial charge in [-0.25, -0.2) is 12.2 Å². The number of rotatable bonds is 13. The maximum Gasteiger partial charge on any atom is 0.323 e. The van der Waals surface area contributed by atoms with Gasteiger partial charge in [0.2, 0.25) is 0 Å². The van der Waals surface area contributed by atoms with E-state index in [1.165, 1.54) is 45.4 Å². The third kappa shape index (κ3) is 6.74. The van der Waals surface area contributed by atoms with Gasteiger partial charge in [0.1, 0.15) is 30.3 Å². The van der Waals surface area contributed by atoms with Crippen molar-refractivity contribution >= 4 is 19.1 Å². The molecule has 1 aliphatic carbocycles. The fraction of sp³-hybridized carbons (Fsp3) is 0.442. The van der Waals surface area contributed by atoms with Crippen molar-refractivity contribution in [3.8, 4) is 0 Å². The molecule has 2 heterocycles. The van der Waals surface area contributed by atoms with Crippen LogP contribution in [0.1, 0.15) is 97.6 Å². The average molecular weight is 647 g/mol. The molecule has 0 spiro atoms. The van der Waals surface area contributed by atoms with Gasteiger partial charge in [0.25, 0.3) is 0 Å². The first-order valence-corrected chi connectivity index (χ1v) is 17.9. The summed E-state index contributed by atoms with van der Waals surface area (Å²) < 4.78 is 4.98. The lowest BCUT2D eigenvalue weighted by atomic mass is 9.78. The third-order valence-electron chi connectivity index (χ3n) is 10.5. The fourth-order valence-electron chi connectivity index (χ4n) is 7.93. The second-order valence-corrected chi connectivity index (χ2v) is 14.9. The Morgan fingerprint density at radius 3 is 1.90 bits per heavy atom. The number of aliphatic carboxylic acids is 1. The van der Waals surface area contributed by atoms with Gasteiger partial charge in [-0.15, -0.1) is 6.08 Å². The van der Waals surface area contributed by atoms with E-state index in [-0.39, 0.29) is 17.4 Å². The number of hydrogen-bond acceptors (Lipinski definition) is 2. The summed E-state index contributed by atoms with van der Waals surface area (Å²) >= 11 is 0. The molecular weight excluding hydrogens is 590 g/mol. The van der Waals surface area contributed by atoms with Crippen LogP contribution < -0.4 is 30.3 Å². The lowest BCUT2D eigenvalue weighted by Gasteiger charge is -2.43. The normalized spacial score (nSPS) is 18.4. The molecule has 0 saturated heterocycles. The lowest BCUT2D eigenvalue weighted by Crippen LogP contribution is -2.34. The van der Waals surface area contributed by atoms with Gasteiger partial charge in [-0.2, -0.15) is 11.5 Å². The standard InChI is InChI=1S/C43H56N3O2/c1-10-12-25-45-36-21-17-30(3)27-34(36)42(5,6)38(45)23-19-32-15-14-16-33(41(32)44(9)29-40(47)48)20-24-39-43(7,8)35-28-31(4)18-22-37(35)46(39)26-13-11-2/h17-24,27-28H,3-4,10-16,25-26,29H2,1-2,5-9H3,(H,47,48)/q-1/b23-19+,24-20?. The van der Waals surface area contributed by atoms with E-state index in [1.807, 2.05) is 11.9 Å². The molecule has 48 heavy (non-hydrogen) atoms. The molecule has 0 saturated carbocycles. The van der Waals surface area contributed by atoms with Crippen LogP contribution in [0.15, 0.2) is 72.0 Å². The molecule has 2 aliphatic heterocycles. The first-order valence-electron chi connectivity index (χ1n) is 17.9. The fourth-order valence-corrected chi connectivity index (χ4v) is 7.93. The SMILES string of the molecule is C=c1ccc2c(c1)C(C)(C)[C-](C=C[C-]1CCCC(/C=C/[C-]3[N+](CCCC)=c4ccc(=C)cc4C3(C)C)=C1N(C)CC(=O)O)[N+]=2CCCC. The van der Waals surface area contributed by atoms with Crippen LogP contribution in [0.4, 0.5) is 0 Å². The highest BCUT2D eigenvalue weighted by Gasteiger charge is 2.40. The number of likely N-dealkylation sites (N-methyl/N-ethyl adjacent to an activating group) is 1. The van der Waals surface area contributed by atoms with Gasteiger partial charge < -0.3 is 19.2 Å². The quantitative estimate of drug-likeness (QED) is 0.229. The second-order valence-electron chi connectivity index (χ2n) is 14.9. The van der Waals surface area contributed by atoms with Crippen LogP contribution in [-0.4, -0.2) is 42.7 Å². The highest BCUT2D eigenvalue weighted by atomic mass is 16.4. The number of allylic oxidation sites excluding steroid dienone is 3. The molecule has 1 N–H and O–H groups in total. The van der Waals surface area contributed by atoms with E-state index in [4.69, 9.17) is 0 Å². The van der Waals surface area contributed by atoms with E-state index in [9.17, 15) is 9.90 Å². The van der Waals surface area contributed by atoms with Gasteiger partial charge >= 0.3 is 5.97 Å². The zero-order valence-electron chi connectivity index (χ0n) is 30.5. The Morgan fingerprint density at radius 1 is 0.875 bits per heavy atom. The molecule has 3 aliphatic rings. The monoisotopic (exact) mass is 646 g/mol. The van der Waals surface area contributed by atoms with E-state index in [0.717, 1.165) is 74.2 Å². The number of carbonyl (C=O) groups is 1. The third-order valence-corrected chi connectivity index (χ3v) is 10.5.